The first-order chi connectivity index (χ1) is 11.9. The summed E-state index contributed by atoms with van der Waals surface area (Å²) in [5, 5.41) is 0. The van der Waals surface area contributed by atoms with Crippen molar-refractivity contribution in [1.29, 1.82) is 0 Å². The smallest absolute Gasteiger partial charge is 0.237 e. The number of carbonyl (C=O) groups excluding carboxylic acids is 1. The van der Waals surface area contributed by atoms with Crippen LogP contribution in [0.15, 0.2) is 18.2 Å². The summed E-state index contributed by atoms with van der Waals surface area (Å²) in [4.78, 5) is 17.1. The molecule has 0 saturated carbocycles. The van der Waals surface area contributed by atoms with Crippen molar-refractivity contribution in [2.45, 2.75) is 66.0 Å². The van der Waals surface area contributed by atoms with Crippen LogP contribution in [0.3, 0.4) is 0 Å². The monoisotopic (exact) mass is 382 g/mol. The predicted octanol–water partition coefficient (Wildman–Crippen LogP) is 4.22. The number of ether oxygens (including phenoxy) is 1. The van der Waals surface area contributed by atoms with E-state index in [1.54, 1.807) is 0 Å². The van der Waals surface area contributed by atoms with Gasteiger partial charge >= 0.3 is 0 Å². The number of likely N-dealkylation sites (tertiary alicyclic amines) is 1. The van der Waals surface area contributed by atoms with Crippen molar-refractivity contribution in [1.82, 2.24) is 9.80 Å². The third-order valence-electron chi connectivity index (χ3n) is 5.28. The molecule has 2 atom stereocenters. The first-order valence-electron chi connectivity index (χ1n) is 9.66. The van der Waals surface area contributed by atoms with Gasteiger partial charge in [0.2, 0.25) is 5.91 Å². The normalized spacial score (nSPS) is 18.7. The number of amides is 1. The highest BCUT2D eigenvalue weighted by Gasteiger charge is 2.25. The molecule has 5 heteroatoms. The number of carbonyl (C=O) groups is 1. The van der Waals surface area contributed by atoms with Crippen molar-refractivity contribution in [3.05, 3.63) is 29.3 Å². The van der Waals surface area contributed by atoms with Gasteiger partial charge in [-0.05, 0) is 65.6 Å². The second-order valence-corrected chi connectivity index (χ2v) is 7.42. The molecule has 0 aliphatic carbocycles. The zero-order valence-electron chi connectivity index (χ0n) is 17.0. The SMILES string of the molecule is CCN(C(=O)CN1CCCCC1C)C(C)COc1ccc(C)cc1C.Cl. The molecule has 1 heterocycles. The van der Waals surface area contributed by atoms with E-state index in [-0.39, 0.29) is 24.4 Å². The predicted molar refractivity (Wildman–Crippen MR) is 110 cm³/mol. The molecule has 1 aromatic rings. The van der Waals surface area contributed by atoms with Crippen LogP contribution in [0.4, 0.5) is 0 Å². The van der Waals surface area contributed by atoms with Gasteiger partial charge in [-0.25, -0.2) is 0 Å². The van der Waals surface area contributed by atoms with Gasteiger partial charge < -0.3 is 9.64 Å². The van der Waals surface area contributed by atoms with Crippen LogP contribution >= 0.6 is 12.4 Å². The van der Waals surface area contributed by atoms with Crippen molar-refractivity contribution < 1.29 is 9.53 Å². The first-order valence-corrected chi connectivity index (χ1v) is 9.66. The lowest BCUT2D eigenvalue weighted by atomic mass is 10.0. The van der Waals surface area contributed by atoms with Gasteiger partial charge in [-0.15, -0.1) is 12.4 Å². The van der Waals surface area contributed by atoms with Crippen molar-refractivity contribution >= 4 is 18.3 Å². The fraction of sp³-hybridized carbons (Fsp3) is 0.667. The molecule has 2 unspecified atom stereocenters. The summed E-state index contributed by atoms with van der Waals surface area (Å²) in [5.41, 5.74) is 2.38. The topological polar surface area (TPSA) is 32.8 Å². The summed E-state index contributed by atoms with van der Waals surface area (Å²) in [5.74, 6) is 1.12. The van der Waals surface area contributed by atoms with Gasteiger partial charge in [-0.2, -0.15) is 0 Å². The van der Waals surface area contributed by atoms with Crippen LogP contribution in [0.5, 0.6) is 5.75 Å². The van der Waals surface area contributed by atoms with Crippen molar-refractivity contribution in [3.8, 4) is 5.75 Å². The molecule has 1 aromatic carbocycles. The van der Waals surface area contributed by atoms with E-state index in [1.165, 1.54) is 24.8 Å². The van der Waals surface area contributed by atoms with E-state index in [0.717, 1.165) is 24.4 Å². The van der Waals surface area contributed by atoms with Crippen LogP contribution in [-0.4, -0.2) is 54.0 Å². The summed E-state index contributed by atoms with van der Waals surface area (Å²) >= 11 is 0. The summed E-state index contributed by atoms with van der Waals surface area (Å²) in [6, 6.07) is 6.79. The van der Waals surface area contributed by atoms with Crippen LogP contribution in [0, 0.1) is 13.8 Å². The standard InChI is InChI=1S/C21H34N2O2.ClH/c1-6-23(21(24)14-22-12-8-7-9-18(22)4)19(5)15-25-20-11-10-16(2)13-17(20)3;/h10-11,13,18-19H,6-9,12,14-15H2,1-5H3;1H. The van der Waals surface area contributed by atoms with Gasteiger partial charge in [0.25, 0.3) is 0 Å². The lowest BCUT2D eigenvalue weighted by Crippen LogP contribution is -2.49. The number of nitrogens with zero attached hydrogens (tertiary/aromatic N) is 2. The Kier molecular flexibility index (Phi) is 9.45. The average molecular weight is 383 g/mol. The Bertz CT molecular complexity index is 579. The number of hydrogen-bond donors (Lipinski definition) is 0. The molecule has 0 aromatic heterocycles. The van der Waals surface area contributed by atoms with Gasteiger partial charge in [0.1, 0.15) is 12.4 Å². The Morgan fingerprint density at radius 3 is 2.69 bits per heavy atom. The maximum Gasteiger partial charge on any atom is 0.237 e. The largest absolute Gasteiger partial charge is 0.491 e. The molecule has 0 N–H and O–H groups in total. The summed E-state index contributed by atoms with van der Waals surface area (Å²) in [7, 11) is 0. The Balaban J connectivity index is 0.00000338. The van der Waals surface area contributed by atoms with Gasteiger partial charge in [0.05, 0.1) is 12.6 Å². The molecule has 2 rings (SSSR count). The fourth-order valence-electron chi connectivity index (χ4n) is 3.65. The molecular formula is C21H35ClN2O2. The molecule has 148 valence electrons. The molecule has 1 saturated heterocycles. The molecule has 4 nitrogen and oxygen atoms in total. The zero-order chi connectivity index (χ0) is 18.4. The van der Waals surface area contributed by atoms with Crippen LogP contribution in [0.25, 0.3) is 0 Å². The van der Waals surface area contributed by atoms with E-state index in [1.807, 2.05) is 17.9 Å². The molecule has 1 aliphatic heterocycles. The molecule has 0 radical (unpaired) electrons. The average Bonchev–Trinajstić information content (AvgIpc) is 2.57. The number of aryl methyl sites for hydroxylation is 2. The summed E-state index contributed by atoms with van der Waals surface area (Å²) < 4.78 is 5.99. The molecule has 26 heavy (non-hydrogen) atoms. The Morgan fingerprint density at radius 2 is 2.08 bits per heavy atom. The highest BCUT2D eigenvalue weighted by atomic mass is 35.5. The molecule has 1 fully saturated rings. The maximum absolute atomic E-state index is 12.8. The van der Waals surface area contributed by atoms with Crippen LogP contribution < -0.4 is 4.74 Å². The number of benzene rings is 1. The minimum Gasteiger partial charge on any atom is -0.491 e. The molecule has 0 spiro atoms. The lowest BCUT2D eigenvalue weighted by Gasteiger charge is -2.35. The molecule has 1 aliphatic rings. The molecule has 0 bridgehead atoms. The van der Waals surface area contributed by atoms with E-state index in [4.69, 9.17) is 4.74 Å². The number of piperidine rings is 1. The zero-order valence-corrected chi connectivity index (χ0v) is 17.8. The maximum atomic E-state index is 12.8. The summed E-state index contributed by atoms with van der Waals surface area (Å²) in [6.07, 6.45) is 3.68. The van der Waals surface area contributed by atoms with Crippen LogP contribution in [-0.2, 0) is 4.79 Å². The van der Waals surface area contributed by atoms with E-state index >= 15 is 0 Å². The summed E-state index contributed by atoms with van der Waals surface area (Å²) in [6.45, 7) is 13.3. The van der Waals surface area contributed by atoms with E-state index in [0.29, 0.717) is 19.2 Å². The number of likely N-dealkylation sites (N-methyl/N-ethyl adjacent to an activating group) is 1. The van der Waals surface area contributed by atoms with Crippen molar-refractivity contribution in [2.24, 2.45) is 0 Å². The van der Waals surface area contributed by atoms with E-state index in [9.17, 15) is 4.79 Å². The third-order valence-corrected chi connectivity index (χ3v) is 5.28. The van der Waals surface area contributed by atoms with Gasteiger partial charge in [-0.3, -0.25) is 9.69 Å². The first kappa shape index (κ1) is 22.8. The van der Waals surface area contributed by atoms with E-state index < -0.39 is 0 Å². The van der Waals surface area contributed by atoms with E-state index in [2.05, 4.69) is 44.7 Å². The molecule has 1 amide bonds. The number of rotatable bonds is 7. The van der Waals surface area contributed by atoms with Crippen molar-refractivity contribution in [3.63, 3.8) is 0 Å². The molecular weight excluding hydrogens is 348 g/mol. The minimum atomic E-state index is 0. The minimum absolute atomic E-state index is 0. The second kappa shape index (κ2) is 10.8. The second-order valence-electron chi connectivity index (χ2n) is 7.42. The van der Waals surface area contributed by atoms with Crippen LogP contribution in [0.2, 0.25) is 0 Å². The van der Waals surface area contributed by atoms with Crippen molar-refractivity contribution in [2.75, 3.05) is 26.2 Å². The quantitative estimate of drug-likeness (QED) is 0.707. The van der Waals surface area contributed by atoms with Gasteiger partial charge in [0, 0.05) is 12.6 Å². The Morgan fingerprint density at radius 1 is 1.35 bits per heavy atom. The van der Waals surface area contributed by atoms with Crippen LogP contribution in [0.1, 0.15) is 51.2 Å². The third kappa shape index (κ3) is 6.17. The lowest BCUT2D eigenvalue weighted by molar-refractivity contribution is -0.135. The highest BCUT2D eigenvalue weighted by molar-refractivity contribution is 5.85. The Labute approximate surface area is 165 Å². The van der Waals surface area contributed by atoms with Gasteiger partial charge in [0.15, 0.2) is 0 Å². The number of hydrogen-bond acceptors (Lipinski definition) is 3. The Hall–Kier alpha value is -1.26. The van der Waals surface area contributed by atoms with Gasteiger partial charge in [-0.1, -0.05) is 24.1 Å². The number of halogens is 1. The fourth-order valence-corrected chi connectivity index (χ4v) is 3.65. The highest BCUT2D eigenvalue weighted by Crippen LogP contribution is 2.20.